The molecule has 6 heteroatoms. The Labute approximate surface area is 100 Å². The van der Waals surface area contributed by atoms with Crippen molar-refractivity contribution in [3.8, 4) is 0 Å². The molecule has 17 heavy (non-hydrogen) atoms. The third kappa shape index (κ3) is 2.71. The van der Waals surface area contributed by atoms with E-state index in [1.807, 2.05) is 24.0 Å². The van der Waals surface area contributed by atoms with Crippen LogP contribution in [0.25, 0.3) is 0 Å². The van der Waals surface area contributed by atoms with Gasteiger partial charge in [0.05, 0.1) is 17.9 Å². The molecule has 2 N–H and O–H groups in total. The van der Waals surface area contributed by atoms with Crippen molar-refractivity contribution in [3.05, 3.63) is 30.1 Å². The minimum atomic E-state index is -0.0184. The summed E-state index contributed by atoms with van der Waals surface area (Å²) in [7, 11) is 1.96. The Hall–Kier alpha value is -1.69. The Morgan fingerprint density at radius 3 is 2.94 bits per heavy atom. The second-order valence-corrected chi connectivity index (χ2v) is 4.19. The minimum absolute atomic E-state index is 0.0184. The predicted molar refractivity (Wildman–Crippen MR) is 64.2 cm³/mol. The highest BCUT2D eigenvalue weighted by Gasteiger charge is 2.10. The summed E-state index contributed by atoms with van der Waals surface area (Å²) < 4.78 is 3.74. The molecule has 92 valence electrons. The molecule has 0 saturated heterocycles. The molecule has 0 radical (unpaired) electrons. The van der Waals surface area contributed by atoms with Crippen LogP contribution in [0, 0.1) is 0 Å². The monoisotopic (exact) mass is 234 g/mol. The normalized spacial score (nSPS) is 12.9. The van der Waals surface area contributed by atoms with Crippen LogP contribution in [0.3, 0.4) is 0 Å². The van der Waals surface area contributed by atoms with Gasteiger partial charge in [-0.1, -0.05) is 18.6 Å². The van der Waals surface area contributed by atoms with Gasteiger partial charge in [0.2, 0.25) is 0 Å². The lowest BCUT2D eigenvalue weighted by Crippen LogP contribution is -2.10. The number of nitrogens with two attached hydrogens (primary N) is 1. The van der Waals surface area contributed by atoms with Crippen molar-refractivity contribution in [2.24, 2.45) is 12.8 Å². The van der Waals surface area contributed by atoms with Gasteiger partial charge in [-0.2, -0.15) is 0 Å². The quantitative estimate of drug-likeness (QED) is 0.832. The van der Waals surface area contributed by atoms with Gasteiger partial charge in [-0.05, 0) is 6.42 Å². The molecule has 0 aliphatic rings. The smallest absolute Gasteiger partial charge is 0.130 e. The largest absolute Gasteiger partial charge is 0.336 e. The number of rotatable bonds is 5. The fraction of sp³-hybridized carbons (Fsp3) is 0.545. The van der Waals surface area contributed by atoms with Gasteiger partial charge >= 0.3 is 0 Å². The summed E-state index contributed by atoms with van der Waals surface area (Å²) in [6.45, 7) is 2.73. The highest BCUT2D eigenvalue weighted by atomic mass is 15.4. The zero-order chi connectivity index (χ0) is 12.3. The molecule has 1 unspecified atom stereocenters. The van der Waals surface area contributed by atoms with Crippen molar-refractivity contribution in [2.75, 3.05) is 0 Å². The second kappa shape index (κ2) is 5.09. The van der Waals surface area contributed by atoms with Gasteiger partial charge in [0.1, 0.15) is 12.4 Å². The van der Waals surface area contributed by atoms with Crippen LogP contribution in [-0.2, 0) is 13.6 Å². The van der Waals surface area contributed by atoms with Crippen molar-refractivity contribution in [1.82, 2.24) is 24.5 Å². The Balaban J connectivity index is 2.06. The first-order chi connectivity index (χ1) is 8.20. The van der Waals surface area contributed by atoms with E-state index in [9.17, 15) is 0 Å². The lowest BCUT2D eigenvalue weighted by atomic mass is 10.1. The van der Waals surface area contributed by atoms with Gasteiger partial charge < -0.3 is 10.3 Å². The minimum Gasteiger partial charge on any atom is -0.336 e. The Morgan fingerprint density at radius 2 is 2.29 bits per heavy atom. The molecule has 0 fully saturated rings. The topological polar surface area (TPSA) is 74.6 Å². The average molecular weight is 234 g/mol. The zero-order valence-electron chi connectivity index (χ0n) is 10.2. The molecule has 0 saturated carbocycles. The third-order valence-corrected chi connectivity index (χ3v) is 2.76. The molecule has 2 heterocycles. The molecule has 0 spiro atoms. The molecule has 0 bridgehead atoms. The first kappa shape index (κ1) is 11.8. The molecule has 0 aliphatic heterocycles. The highest BCUT2D eigenvalue weighted by Crippen LogP contribution is 2.12. The van der Waals surface area contributed by atoms with Crippen LogP contribution in [0.1, 0.15) is 37.3 Å². The molecule has 2 rings (SSSR count). The molecule has 2 aromatic rings. The average Bonchev–Trinajstić information content (AvgIpc) is 2.90. The van der Waals surface area contributed by atoms with Gasteiger partial charge in [-0.3, -0.25) is 0 Å². The fourth-order valence-corrected chi connectivity index (χ4v) is 1.71. The number of aryl methyl sites for hydroxylation is 1. The van der Waals surface area contributed by atoms with E-state index < -0.39 is 0 Å². The van der Waals surface area contributed by atoms with Crippen molar-refractivity contribution < 1.29 is 0 Å². The molecule has 1 atom stereocenters. The summed E-state index contributed by atoms with van der Waals surface area (Å²) in [6.07, 6.45) is 7.56. The van der Waals surface area contributed by atoms with E-state index in [1.54, 1.807) is 10.9 Å². The van der Waals surface area contributed by atoms with Gasteiger partial charge in [0, 0.05) is 19.4 Å². The number of hydrogen-bond donors (Lipinski definition) is 1. The molecule has 0 aromatic carbocycles. The molecule has 2 aromatic heterocycles. The van der Waals surface area contributed by atoms with Gasteiger partial charge in [0.25, 0.3) is 0 Å². The maximum atomic E-state index is 5.99. The van der Waals surface area contributed by atoms with Gasteiger partial charge in [-0.15, -0.1) is 5.10 Å². The summed E-state index contributed by atoms with van der Waals surface area (Å²) in [6, 6.07) is -0.0184. The Morgan fingerprint density at radius 1 is 1.47 bits per heavy atom. The van der Waals surface area contributed by atoms with E-state index >= 15 is 0 Å². The summed E-state index contributed by atoms with van der Waals surface area (Å²) in [5, 5.41) is 8.16. The van der Waals surface area contributed by atoms with E-state index in [-0.39, 0.29) is 6.04 Å². The molecule has 6 nitrogen and oxygen atoms in total. The van der Waals surface area contributed by atoms with E-state index in [4.69, 9.17) is 5.73 Å². The van der Waals surface area contributed by atoms with Crippen LogP contribution in [0.4, 0.5) is 0 Å². The van der Waals surface area contributed by atoms with Crippen LogP contribution in [0.2, 0.25) is 0 Å². The van der Waals surface area contributed by atoms with Crippen LogP contribution in [0.15, 0.2) is 18.6 Å². The van der Waals surface area contributed by atoms with Crippen LogP contribution < -0.4 is 5.73 Å². The van der Waals surface area contributed by atoms with Crippen LogP contribution in [-0.4, -0.2) is 24.5 Å². The molecular weight excluding hydrogens is 216 g/mol. The van der Waals surface area contributed by atoms with Crippen molar-refractivity contribution in [3.63, 3.8) is 0 Å². The van der Waals surface area contributed by atoms with Crippen molar-refractivity contribution in [1.29, 1.82) is 0 Å². The number of aromatic nitrogens is 5. The number of imidazole rings is 1. The Bertz CT molecular complexity index is 472. The fourth-order valence-electron chi connectivity index (χ4n) is 1.71. The SMILES string of the molecule is CCCC(N)c1cn(Cc2nccn2C)nn1. The van der Waals surface area contributed by atoms with Crippen molar-refractivity contribution in [2.45, 2.75) is 32.4 Å². The standard InChI is InChI=1S/C11H18N6/c1-3-4-9(12)10-7-17(15-14-10)8-11-13-5-6-16(11)2/h5-7,9H,3-4,8,12H2,1-2H3. The van der Waals surface area contributed by atoms with E-state index in [2.05, 4.69) is 22.2 Å². The molecule has 0 amide bonds. The third-order valence-electron chi connectivity index (χ3n) is 2.76. The zero-order valence-corrected chi connectivity index (χ0v) is 10.2. The van der Waals surface area contributed by atoms with Crippen molar-refractivity contribution >= 4 is 0 Å². The Kier molecular flexibility index (Phi) is 3.53. The van der Waals surface area contributed by atoms with E-state index in [1.165, 1.54) is 0 Å². The molecule has 0 aliphatic carbocycles. The van der Waals surface area contributed by atoms with E-state index in [0.29, 0.717) is 6.54 Å². The summed E-state index contributed by atoms with van der Waals surface area (Å²) in [5.74, 6) is 0.950. The lowest BCUT2D eigenvalue weighted by molar-refractivity contribution is 0.604. The van der Waals surface area contributed by atoms with Crippen LogP contribution >= 0.6 is 0 Å². The first-order valence-corrected chi connectivity index (χ1v) is 5.82. The number of nitrogens with zero attached hydrogens (tertiary/aromatic N) is 5. The lowest BCUT2D eigenvalue weighted by Gasteiger charge is -2.04. The predicted octanol–water partition coefficient (Wildman–Crippen LogP) is 0.860. The summed E-state index contributed by atoms with van der Waals surface area (Å²) >= 11 is 0. The first-order valence-electron chi connectivity index (χ1n) is 5.82. The van der Waals surface area contributed by atoms with Gasteiger partial charge in [0.15, 0.2) is 0 Å². The maximum Gasteiger partial charge on any atom is 0.130 e. The highest BCUT2D eigenvalue weighted by molar-refractivity contribution is 5.01. The summed E-state index contributed by atoms with van der Waals surface area (Å²) in [5.41, 5.74) is 6.83. The molecular formula is C11H18N6. The maximum absolute atomic E-state index is 5.99. The summed E-state index contributed by atoms with van der Waals surface area (Å²) in [4.78, 5) is 4.24. The van der Waals surface area contributed by atoms with Gasteiger partial charge in [-0.25, -0.2) is 9.67 Å². The van der Waals surface area contributed by atoms with Crippen LogP contribution in [0.5, 0.6) is 0 Å². The number of hydrogen-bond acceptors (Lipinski definition) is 4. The second-order valence-electron chi connectivity index (χ2n) is 4.19. The van der Waals surface area contributed by atoms with E-state index in [0.717, 1.165) is 24.4 Å².